The molecule has 0 saturated carbocycles. The Morgan fingerprint density at radius 2 is 1.93 bits per heavy atom. The molecule has 84 valence electrons. The number of ether oxygens (including phenoxy) is 4. The summed E-state index contributed by atoms with van der Waals surface area (Å²) in [6.45, 7) is 6.72. The van der Waals surface area contributed by atoms with Crippen LogP contribution in [0.15, 0.2) is 12.7 Å². The van der Waals surface area contributed by atoms with E-state index in [0.717, 1.165) is 6.08 Å². The summed E-state index contributed by atoms with van der Waals surface area (Å²) in [5.41, 5.74) is -0.365. The van der Waals surface area contributed by atoms with Gasteiger partial charge in [-0.15, -0.1) is 0 Å². The van der Waals surface area contributed by atoms with Crippen molar-refractivity contribution in [3.63, 3.8) is 0 Å². The number of esters is 1. The highest BCUT2D eigenvalue weighted by Gasteiger charge is 2.50. The second kappa shape index (κ2) is 3.59. The number of carbonyl (C=O) groups is 1. The maximum atomic E-state index is 10.9. The molecule has 2 bridgehead atoms. The number of hydrogen-bond acceptors (Lipinski definition) is 5. The molecule has 5 nitrogen and oxygen atoms in total. The fourth-order valence-electron chi connectivity index (χ4n) is 1.51. The van der Waals surface area contributed by atoms with Crippen molar-refractivity contribution < 1.29 is 23.7 Å². The van der Waals surface area contributed by atoms with Crippen LogP contribution >= 0.6 is 0 Å². The van der Waals surface area contributed by atoms with Crippen molar-refractivity contribution in [3.05, 3.63) is 12.7 Å². The monoisotopic (exact) mass is 214 g/mol. The molecule has 3 aliphatic heterocycles. The van der Waals surface area contributed by atoms with Gasteiger partial charge in [0.2, 0.25) is 0 Å². The summed E-state index contributed by atoms with van der Waals surface area (Å²) in [6.07, 6.45) is 1.13. The SMILES string of the molecule is C=CC(=O)OCC12COC(C)(OC1)OC2. The van der Waals surface area contributed by atoms with Crippen LogP contribution in [0.4, 0.5) is 0 Å². The second-order valence-corrected chi connectivity index (χ2v) is 4.04. The van der Waals surface area contributed by atoms with Crippen molar-refractivity contribution in [2.75, 3.05) is 26.4 Å². The summed E-state index contributed by atoms with van der Waals surface area (Å²) in [6, 6.07) is 0. The molecule has 0 aliphatic carbocycles. The maximum absolute atomic E-state index is 10.9. The Hall–Kier alpha value is -0.910. The summed E-state index contributed by atoms with van der Waals surface area (Å²) in [7, 11) is 0. The zero-order valence-electron chi connectivity index (χ0n) is 8.65. The Labute approximate surface area is 87.9 Å². The van der Waals surface area contributed by atoms with Gasteiger partial charge in [0.15, 0.2) is 0 Å². The van der Waals surface area contributed by atoms with Gasteiger partial charge in [-0.25, -0.2) is 4.79 Å². The standard InChI is InChI=1S/C10H14O5/c1-3-8(11)12-4-10-5-13-9(2,14-6-10)15-7-10/h3H,1,4-7H2,2H3. The van der Waals surface area contributed by atoms with Gasteiger partial charge in [0.1, 0.15) is 6.61 Å². The molecule has 0 amide bonds. The van der Waals surface area contributed by atoms with E-state index in [2.05, 4.69) is 6.58 Å². The van der Waals surface area contributed by atoms with E-state index in [-0.39, 0.29) is 12.0 Å². The average Bonchev–Trinajstić information content (AvgIpc) is 2.28. The van der Waals surface area contributed by atoms with Crippen LogP contribution in [0.3, 0.4) is 0 Å². The quantitative estimate of drug-likeness (QED) is 0.504. The van der Waals surface area contributed by atoms with E-state index in [0.29, 0.717) is 19.8 Å². The van der Waals surface area contributed by atoms with Crippen molar-refractivity contribution in [2.24, 2.45) is 5.41 Å². The summed E-state index contributed by atoms with van der Waals surface area (Å²) < 4.78 is 21.1. The lowest BCUT2D eigenvalue weighted by molar-refractivity contribution is -0.461. The first-order chi connectivity index (χ1) is 7.08. The summed E-state index contributed by atoms with van der Waals surface area (Å²) >= 11 is 0. The average molecular weight is 214 g/mol. The Kier molecular flexibility index (Phi) is 2.54. The van der Waals surface area contributed by atoms with Gasteiger partial charge >= 0.3 is 5.97 Å². The van der Waals surface area contributed by atoms with Crippen LogP contribution < -0.4 is 0 Å². The molecule has 3 saturated heterocycles. The van der Waals surface area contributed by atoms with Crippen molar-refractivity contribution in [1.82, 2.24) is 0 Å². The fraction of sp³-hybridized carbons (Fsp3) is 0.700. The number of carbonyl (C=O) groups excluding carboxylic acids is 1. The minimum Gasteiger partial charge on any atom is -0.462 e. The Morgan fingerprint density at radius 1 is 1.40 bits per heavy atom. The lowest BCUT2D eigenvalue weighted by Gasteiger charge is -2.49. The highest BCUT2D eigenvalue weighted by atomic mass is 16.9. The van der Waals surface area contributed by atoms with Crippen molar-refractivity contribution in [1.29, 1.82) is 0 Å². The van der Waals surface area contributed by atoms with E-state index in [1.165, 1.54) is 0 Å². The highest BCUT2D eigenvalue weighted by Crippen LogP contribution is 2.38. The zero-order valence-corrected chi connectivity index (χ0v) is 8.65. The summed E-state index contributed by atoms with van der Waals surface area (Å²) in [5.74, 6) is -1.35. The normalized spacial score (nSPS) is 38.7. The van der Waals surface area contributed by atoms with Crippen LogP contribution in [-0.2, 0) is 23.7 Å². The molecule has 0 aromatic heterocycles. The zero-order chi connectivity index (χ0) is 10.9. The van der Waals surface area contributed by atoms with Crippen LogP contribution in [0, 0.1) is 5.41 Å². The molecule has 15 heavy (non-hydrogen) atoms. The van der Waals surface area contributed by atoms with Gasteiger partial charge in [0, 0.05) is 13.0 Å². The van der Waals surface area contributed by atoms with Gasteiger partial charge in [0.25, 0.3) is 5.97 Å². The van der Waals surface area contributed by atoms with Gasteiger partial charge in [-0.2, -0.15) is 0 Å². The first-order valence-corrected chi connectivity index (χ1v) is 4.79. The van der Waals surface area contributed by atoms with E-state index >= 15 is 0 Å². The van der Waals surface area contributed by atoms with Crippen LogP contribution in [0.2, 0.25) is 0 Å². The summed E-state index contributed by atoms with van der Waals surface area (Å²) in [5, 5.41) is 0. The van der Waals surface area contributed by atoms with Crippen molar-refractivity contribution in [3.8, 4) is 0 Å². The highest BCUT2D eigenvalue weighted by molar-refractivity contribution is 5.81. The largest absolute Gasteiger partial charge is 0.462 e. The minimum atomic E-state index is -0.913. The van der Waals surface area contributed by atoms with Gasteiger partial charge in [0.05, 0.1) is 25.2 Å². The molecule has 3 rings (SSSR count). The Morgan fingerprint density at radius 3 is 2.40 bits per heavy atom. The van der Waals surface area contributed by atoms with Crippen LogP contribution in [0.5, 0.6) is 0 Å². The van der Waals surface area contributed by atoms with E-state index in [1.54, 1.807) is 6.92 Å². The molecule has 3 fully saturated rings. The number of fused-ring (bicyclic) bond motifs is 3. The maximum Gasteiger partial charge on any atom is 0.330 e. The lowest BCUT2D eigenvalue weighted by Crippen LogP contribution is -2.60. The first-order valence-electron chi connectivity index (χ1n) is 4.79. The molecule has 5 heteroatoms. The molecule has 0 spiro atoms. The third kappa shape index (κ3) is 2.04. The number of rotatable bonds is 3. The number of hydrogen-bond donors (Lipinski definition) is 0. The van der Waals surface area contributed by atoms with Gasteiger partial charge in [-0.1, -0.05) is 6.58 Å². The third-order valence-corrected chi connectivity index (χ3v) is 2.61. The molecular formula is C10H14O5. The molecule has 0 unspecified atom stereocenters. The van der Waals surface area contributed by atoms with Crippen LogP contribution in [0.25, 0.3) is 0 Å². The molecule has 0 aromatic carbocycles. The molecule has 0 radical (unpaired) electrons. The smallest absolute Gasteiger partial charge is 0.330 e. The van der Waals surface area contributed by atoms with E-state index in [9.17, 15) is 4.79 Å². The Bertz CT molecular complexity index is 261. The van der Waals surface area contributed by atoms with E-state index in [4.69, 9.17) is 18.9 Å². The molecular weight excluding hydrogens is 200 g/mol. The molecule has 0 aromatic rings. The lowest BCUT2D eigenvalue weighted by atomic mass is 9.90. The molecule has 0 atom stereocenters. The first kappa shape index (κ1) is 10.6. The predicted octanol–water partition coefficient (Wildman–Crippen LogP) is 0.453. The van der Waals surface area contributed by atoms with Gasteiger partial charge in [-0.05, 0) is 0 Å². The van der Waals surface area contributed by atoms with Crippen LogP contribution in [-0.4, -0.2) is 38.4 Å². The fourth-order valence-corrected chi connectivity index (χ4v) is 1.51. The minimum absolute atomic E-state index is 0.230. The summed E-state index contributed by atoms with van der Waals surface area (Å²) in [4.78, 5) is 10.9. The van der Waals surface area contributed by atoms with Crippen molar-refractivity contribution >= 4 is 5.97 Å². The van der Waals surface area contributed by atoms with E-state index < -0.39 is 11.9 Å². The van der Waals surface area contributed by atoms with Crippen LogP contribution in [0.1, 0.15) is 6.92 Å². The van der Waals surface area contributed by atoms with E-state index in [1.807, 2.05) is 0 Å². The molecule has 3 heterocycles. The molecule has 3 aliphatic rings. The molecule has 0 N–H and O–H groups in total. The van der Waals surface area contributed by atoms with Gasteiger partial charge in [-0.3, -0.25) is 0 Å². The topological polar surface area (TPSA) is 54.0 Å². The predicted molar refractivity (Wildman–Crippen MR) is 49.9 cm³/mol. The van der Waals surface area contributed by atoms with Gasteiger partial charge < -0.3 is 18.9 Å². The second-order valence-electron chi connectivity index (χ2n) is 4.04. The van der Waals surface area contributed by atoms with Crippen molar-refractivity contribution in [2.45, 2.75) is 12.9 Å². The Balaban J connectivity index is 1.92. The third-order valence-electron chi connectivity index (χ3n) is 2.61.